The lowest BCUT2D eigenvalue weighted by molar-refractivity contribution is 0.240. The molecule has 0 aromatic heterocycles. The van der Waals surface area contributed by atoms with Gasteiger partial charge in [-0.25, -0.2) is 0 Å². The van der Waals surface area contributed by atoms with Crippen molar-refractivity contribution in [2.45, 2.75) is 26.7 Å². The van der Waals surface area contributed by atoms with E-state index >= 15 is 0 Å². The summed E-state index contributed by atoms with van der Waals surface area (Å²) < 4.78 is 6.59. The molecule has 86 valence electrons. The summed E-state index contributed by atoms with van der Waals surface area (Å²) in [5.41, 5.74) is 0.584. The standard InChI is InChI=1S/C13H16BrNO/c1-3-10(4-2)9-16-13-6-5-12(14)7-11(13)8-15/h5-7,10H,3-4,9H2,1-2H3. The summed E-state index contributed by atoms with van der Waals surface area (Å²) >= 11 is 3.34. The van der Waals surface area contributed by atoms with Crippen molar-refractivity contribution in [3.63, 3.8) is 0 Å². The Morgan fingerprint density at radius 2 is 2.06 bits per heavy atom. The molecule has 1 aromatic carbocycles. The molecule has 1 rings (SSSR count). The largest absolute Gasteiger partial charge is 0.492 e. The molecule has 16 heavy (non-hydrogen) atoms. The van der Waals surface area contributed by atoms with Crippen LogP contribution in [0.1, 0.15) is 32.3 Å². The van der Waals surface area contributed by atoms with E-state index < -0.39 is 0 Å². The summed E-state index contributed by atoms with van der Waals surface area (Å²) in [5.74, 6) is 1.24. The van der Waals surface area contributed by atoms with Crippen LogP contribution in [0.2, 0.25) is 0 Å². The van der Waals surface area contributed by atoms with Crippen LogP contribution in [-0.4, -0.2) is 6.61 Å². The molecule has 0 radical (unpaired) electrons. The zero-order valence-electron chi connectivity index (χ0n) is 9.66. The number of halogens is 1. The van der Waals surface area contributed by atoms with Crippen molar-refractivity contribution in [2.24, 2.45) is 5.92 Å². The van der Waals surface area contributed by atoms with Crippen LogP contribution >= 0.6 is 15.9 Å². The summed E-state index contributed by atoms with van der Waals surface area (Å²) in [6, 6.07) is 7.65. The number of hydrogen-bond donors (Lipinski definition) is 0. The Bertz CT molecular complexity index is 380. The summed E-state index contributed by atoms with van der Waals surface area (Å²) in [4.78, 5) is 0. The Morgan fingerprint density at radius 1 is 1.38 bits per heavy atom. The number of nitriles is 1. The third-order valence-electron chi connectivity index (χ3n) is 2.69. The highest BCUT2D eigenvalue weighted by molar-refractivity contribution is 9.10. The minimum Gasteiger partial charge on any atom is -0.492 e. The van der Waals surface area contributed by atoms with Crippen molar-refractivity contribution in [2.75, 3.05) is 6.61 Å². The Balaban J connectivity index is 2.70. The zero-order valence-corrected chi connectivity index (χ0v) is 11.3. The lowest BCUT2D eigenvalue weighted by atomic mass is 10.1. The SMILES string of the molecule is CCC(CC)COc1ccc(Br)cc1C#N. The number of hydrogen-bond acceptors (Lipinski definition) is 2. The van der Waals surface area contributed by atoms with Crippen LogP contribution in [0.3, 0.4) is 0 Å². The quantitative estimate of drug-likeness (QED) is 0.813. The van der Waals surface area contributed by atoms with Crippen molar-refractivity contribution < 1.29 is 4.74 Å². The molecule has 0 spiro atoms. The fourth-order valence-electron chi connectivity index (χ4n) is 1.45. The maximum Gasteiger partial charge on any atom is 0.137 e. The highest BCUT2D eigenvalue weighted by atomic mass is 79.9. The van der Waals surface area contributed by atoms with Crippen LogP contribution in [0.15, 0.2) is 22.7 Å². The fraction of sp³-hybridized carbons (Fsp3) is 0.462. The summed E-state index contributed by atoms with van der Waals surface area (Å²) in [6.45, 7) is 5.00. The van der Waals surface area contributed by atoms with Gasteiger partial charge in [-0.3, -0.25) is 0 Å². The zero-order chi connectivity index (χ0) is 12.0. The molecule has 0 aliphatic heterocycles. The molecule has 0 saturated heterocycles. The Labute approximate surface area is 105 Å². The van der Waals surface area contributed by atoms with Crippen LogP contribution in [0.4, 0.5) is 0 Å². The molecular weight excluding hydrogens is 266 g/mol. The van der Waals surface area contributed by atoms with Gasteiger partial charge in [0, 0.05) is 4.47 Å². The first kappa shape index (κ1) is 13.1. The van der Waals surface area contributed by atoms with Gasteiger partial charge in [-0.05, 0) is 24.1 Å². The first-order chi connectivity index (χ1) is 7.71. The van der Waals surface area contributed by atoms with Crippen molar-refractivity contribution in [3.05, 3.63) is 28.2 Å². The van der Waals surface area contributed by atoms with Gasteiger partial charge < -0.3 is 4.74 Å². The highest BCUT2D eigenvalue weighted by Gasteiger charge is 2.07. The predicted molar refractivity (Wildman–Crippen MR) is 68.4 cm³/mol. The second kappa shape index (κ2) is 6.55. The number of benzene rings is 1. The van der Waals surface area contributed by atoms with Gasteiger partial charge in [-0.15, -0.1) is 0 Å². The van der Waals surface area contributed by atoms with Crippen LogP contribution in [0, 0.1) is 17.2 Å². The highest BCUT2D eigenvalue weighted by Crippen LogP contribution is 2.23. The second-order valence-electron chi connectivity index (χ2n) is 3.75. The maximum absolute atomic E-state index is 8.97. The van der Waals surface area contributed by atoms with E-state index in [2.05, 4.69) is 35.8 Å². The van der Waals surface area contributed by atoms with Gasteiger partial charge in [-0.1, -0.05) is 42.6 Å². The van der Waals surface area contributed by atoms with Gasteiger partial charge in [0.2, 0.25) is 0 Å². The van der Waals surface area contributed by atoms with Gasteiger partial charge in [-0.2, -0.15) is 5.26 Å². The molecule has 0 unspecified atom stereocenters. The van der Waals surface area contributed by atoms with Crippen LogP contribution in [0.5, 0.6) is 5.75 Å². The molecule has 0 aliphatic rings. The lowest BCUT2D eigenvalue weighted by Crippen LogP contribution is -2.10. The molecule has 0 aliphatic carbocycles. The third-order valence-corrected chi connectivity index (χ3v) is 3.18. The molecule has 0 fully saturated rings. The van der Waals surface area contributed by atoms with Gasteiger partial charge in [0.1, 0.15) is 11.8 Å². The first-order valence-corrected chi connectivity index (χ1v) is 6.33. The second-order valence-corrected chi connectivity index (χ2v) is 4.66. The minimum absolute atomic E-state index is 0.565. The number of rotatable bonds is 5. The van der Waals surface area contributed by atoms with Gasteiger partial charge in [0.15, 0.2) is 0 Å². The topological polar surface area (TPSA) is 33.0 Å². The Kier molecular flexibility index (Phi) is 5.34. The van der Waals surface area contributed by atoms with E-state index in [1.54, 1.807) is 6.07 Å². The normalized spacial score (nSPS) is 10.2. The van der Waals surface area contributed by atoms with Gasteiger partial charge in [0.25, 0.3) is 0 Å². The summed E-state index contributed by atoms with van der Waals surface area (Å²) in [6.07, 6.45) is 2.21. The Morgan fingerprint density at radius 3 is 2.62 bits per heavy atom. The van der Waals surface area contributed by atoms with Crippen LogP contribution in [-0.2, 0) is 0 Å². The fourth-order valence-corrected chi connectivity index (χ4v) is 1.81. The predicted octanol–water partition coefficient (Wildman–Crippen LogP) is 4.14. The van der Waals surface area contributed by atoms with E-state index in [-0.39, 0.29) is 0 Å². The molecule has 0 saturated carbocycles. The van der Waals surface area contributed by atoms with Crippen molar-refractivity contribution in [1.29, 1.82) is 5.26 Å². The third kappa shape index (κ3) is 3.53. The average molecular weight is 282 g/mol. The van der Waals surface area contributed by atoms with E-state index in [0.29, 0.717) is 23.8 Å². The van der Waals surface area contributed by atoms with E-state index in [4.69, 9.17) is 10.00 Å². The monoisotopic (exact) mass is 281 g/mol. The Hall–Kier alpha value is -1.01. The molecule has 2 nitrogen and oxygen atoms in total. The van der Waals surface area contributed by atoms with Gasteiger partial charge in [0.05, 0.1) is 12.2 Å². The molecule has 0 N–H and O–H groups in total. The molecule has 3 heteroatoms. The van der Waals surface area contributed by atoms with Crippen molar-refractivity contribution in [1.82, 2.24) is 0 Å². The smallest absolute Gasteiger partial charge is 0.137 e. The minimum atomic E-state index is 0.565. The van der Waals surface area contributed by atoms with Crippen molar-refractivity contribution in [3.8, 4) is 11.8 Å². The molecule has 0 amide bonds. The van der Waals surface area contributed by atoms with Crippen LogP contribution in [0.25, 0.3) is 0 Å². The van der Waals surface area contributed by atoms with Crippen LogP contribution < -0.4 is 4.74 Å². The summed E-state index contributed by atoms with van der Waals surface area (Å²) in [7, 11) is 0. The van der Waals surface area contributed by atoms with E-state index in [1.165, 1.54) is 0 Å². The summed E-state index contributed by atoms with van der Waals surface area (Å²) in [5, 5.41) is 8.97. The molecule has 1 aromatic rings. The van der Waals surface area contributed by atoms with Gasteiger partial charge >= 0.3 is 0 Å². The number of ether oxygens (including phenoxy) is 1. The lowest BCUT2D eigenvalue weighted by Gasteiger charge is -2.14. The van der Waals surface area contributed by atoms with E-state index in [1.807, 2.05) is 12.1 Å². The van der Waals surface area contributed by atoms with E-state index in [0.717, 1.165) is 17.3 Å². The van der Waals surface area contributed by atoms with Crippen molar-refractivity contribution >= 4 is 15.9 Å². The molecule has 0 bridgehead atoms. The molecule has 0 heterocycles. The molecule has 0 atom stereocenters. The molecular formula is C13H16BrNO. The first-order valence-electron chi connectivity index (χ1n) is 5.53. The average Bonchev–Trinajstić information content (AvgIpc) is 2.31. The van der Waals surface area contributed by atoms with E-state index in [9.17, 15) is 0 Å². The maximum atomic E-state index is 8.97. The number of nitrogens with zero attached hydrogens (tertiary/aromatic N) is 1.